The summed E-state index contributed by atoms with van der Waals surface area (Å²) >= 11 is 0. The highest BCUT2D eigenvalue weighted by Crippen LogP contribution is 2.33. The summed E-state index contributed by atoms with van der Waals surface area (Å²) in [6.07, 6.45) is 2.82. The van der Waals surface area contributed by atoms with Gasteiger partial charge in [0, 0.05) is 35.6 Å². The van der Waals surface area contributed by atoms with Crippen LogP contribution in [0.15, 0.2) is 73.4 Å². The highest BCUT2D eigenvalue weighted by molar-refractivity contribution is 6.05. The lowest BCUT2D eigenvalue weighted by molar-refractivity contribution is -0.111. The third-order valence-electron chi connectivity index (χ3n) is 6.88. The zero-order valence-corrected chi connectivity index (χ0v) is 22.6. The van der Waals surface area contributed by atoms with Gasteiger partial charge in [-0.3, -0.25) is 19.1 Å². The van der Waals surface area contributed by atoms with Crippen LogP contribution in [0.1, 0.15) is 50.6 Å². The van der Waals surface area contributed by atoms with Gasteiger partial charge in [-0.05, 0) is 54.1 Å². The molecule has 2 aromatic carbocycles. The Morgan fingerprint density at radius 3 is 2.63 bits per heavy atom. The van der Waals surface area contributed by atoms with Crippen LogP contribution in [-0.2, 0) is 17.9 Å². The number of anilines is 2. The minimum Gasteiger partial charge on any atom is -0.495 e. The standard InChI is InChI=1S/C30H29FN6O4/c1-4-26(38)34-24-14-21(11-12-25(24)41-3)33-29(39)27-22-17-36(30(40)23-6-5-13-32-23)15-18(2)28(22)37(35-27)16-19-7-9-20(31)10-8-19/h4-14,18,32H,1,15-17H2,2-3H3,(H,33,39)(H,34,38). The van der Waals surface area contributed by atoms with Crippen LogP contribution in [0, 0.1) is 5.82 Å². The van der Waals surface area contributed by atoms with Gasteiger partial charge in [-0.2, -0.15) is 5.10 Å². The van der Waals surface area contributed by atoms with Crippen LogP contribution in [0.2, 0.25) is 0 Å². The van der Waals surface area contributed by atoms with E-state index >= 15 is 0 Å². The van der Waals surface area contributed by atoms with Crippen molar-refractivity contribution in [2.45, 2.75) is 25.9 Å². The maximum atomic E-state index is 13.7. The molecule has 3 N–H and O–H groups in total. The van der Waals surface area contributed by atoms with E-state index in [9.17, 15) is 18.8 Å². The first-order valence-corrected chi connectivity index (χ1v) is 13.0. The second kappa shape index (κ2) is 11.5. The largest absolute Gasteiger partial charge is 0.495 e. The Labute approximate surface area is 235 Å². The summed E-state index contributed by atoms with van der Waals surface area (Å²) in [6, 6.07) is 14.4. The number of aromatic nitrogens is 3. The Kier molecular flexibility index (Phi) is 7.68. The quantitative estimate of drug-likeness (QED) is 0.275. The van der Waals surface area contributed by atoms with Crippen molar-refractivity contribution < 1.29 is 23.5 Å². The third-order valence-corrected chi connectivity index (χ3v) is 6.88. The van der Waals surface area contributed by atoms with Gasteiger partial charge in [-0.15, -0.1) is 0 Å². The van der Waals surface area contributed by atoms with Gasteiger partial charge < -0.3 is 25.3 Å². The summed E-state index contributed by atoms with van der Waals surface area (Å²) in [6.45, 7) is 6.39. The second-order valence-electron chi connectivity index (χ2n) is 9.73. The number of aromatic amines is 1. The molecular weight excluding hydrogens is 527 g/mol. The highest BCUT2D eigenvalue weighted by atomic mass is 19.1. The molecule has 0 bridgehead atoms. The van der Waals surface area contributed by atoms with Gasteiger partial charge in [0.15, 0.2) is 5.69 Å². The van der Waals surface area contributed by atoms with Crippen molar-refractivity contribution in [3.8, 4) is 5.75 Å². The summed E-state index contributed by atoms with van der Waals surface area (Å²) in [5, 5.41) is 10.2. The zero-order valence-electron chi connectivity index (χ0n) is 22.6. The molecule has 41 heavy (non-hydrogen) atoms. The fraction of sp³-hybridized carbons (Fsp3) is 0.200. The van der Waals surface area contributed by atoms with Crippen molar-refractivity contribution in [1.82, 2.24) is 19.7 Å². The molecule has 0 fully saturated rings. The molecule has 0 radical (unpaired) electrons. The second-order valence-corrected chi connectivity index (χ2v) is 9.73. The Hall–Kier alpha value is -5.19. The van der Waals surface area contributed by atoms with Crippen molar-refractivity contribution in [3.63, 3.8) is 0 Å². The maximum absolute atomic E-state index is 13.7. The van der Waals surface area contributed by atoms with E-state index in [0.29, 0.717) is 41.5 Å². The van der Waals surface area contributed by atoms with E-state index in [4.69, 9.17) is 4.74 Å². The molecule has 10 nitrogen and oxygen atoms in total. The van der Waals surface area contributed by atoms with Gasteiger partial charge in [0.2, 0.25) is 5.91 Å². The van der Waals surface area contributed by atoms with Crippen molar-refractivity contribution in [1.29, 1.82) is 0 Å². The van der Waals surface area contributed by atoms with Crippen molar-refractivity contribution >= 4 is 29.1 Å². The first-order chi connectivity index (χ1) is 19.8. The van der Waals surface area contributed by atoms with E-state index in [0.717, 1.165) is 17.3 Å². The molecule has 3 amide bonds. The molecule has 1 unspecified atom stereocenters. The van der Waals surface area contributed by atoms with Crippen LogP contribution < -0.4 is 15.4 Å². The smallest absolute Gasteiger partial charge is 0.276 e. The molecular formula is C30H29FN6O4. The summed E-state index contributed by atoms with van der Waals surface area (Å²) in [5.74, 6) is -1.15. The van der Waals surface area contributed by atoms with Crippen molar-refractivity contribution in [2.24, 2.45) is 0 Å². The monoisotopic (exact) mass is 556 g/mol. The Morgan fingerprint density at radius 2 is 1.95 bits per heavy atom. The molecule has 0 saturated heterocycles. The zero-order chi connectivity index (χ0) is 29.1. The third kappa shape index (κ3) is 5.74. The summed E-state index contributed by atoms with van der Waals surface area (Å²) in [5.41, 5.74) is 3.68. The molecule has 2 aromatic heterocycles. The minimum absolute atomic E-state index is 0.131. The van der Waals surface area contributed by atoms with Crippen molar-refractivity contribution in [2.75, 3.05) is 24.3 Å². The van der Waals surface area contributed by atoms with Crippen molar-refractivity contribution in [3.05, 3.63) is 107 Å². The highest BCUT2D eigenvalue weighted by Gasteiger charge is 2.34. The van der Waals surface area contributed by atoms with E-state index in [1.165, 1.54) is 19.2 Å². The van der Waals surface area contributed by atoms with Crippen LogP contribution in [-0.4, -0.2) is 51.0 Å². The Balaban J connectivity index is 1.50. The maximum Gasteiger partial charge on any atom is 0.276 e. The van der Waals surface area contributed by atoms with E-state index < -0.39 is 11.8 Å². The number of halogens is 1. The first-order valence-electron chi connectivity index (χ1n) is 13.0. The molecule has 0 saturated carbocycles. The van der Waals surface area contributed by atoms with Crippen LogP contribution >= 0.6 is 0 Å². The molecule has 3 heterocycles. The number of fused-ring (bicyclic) bond motifs is 1. The first kappa shape index (κ1) is 27.4. The Morgan fingerprint density at radius 1 is 1.17 bits per heavy atom. The number of methoxy groups -OCH3 is 1. The molecule has 0 spiro atoms. The normalized spacial score (nSPS) is 14.2. The number of amides is 3. The fourth-order valence-electron chi connectivity index (χ4n) is 5.00. The lowest BCUT2D eigenvalue weighted by Crippen LogP contribution is -2.38. The average molecular weight is 557 g/mol. The lowest BCUT2D eigenvalue weighted by Gasteiger charge is -2.32. The summed E-state index contributed by atoms with van der Waals surface area (Å²) in [7, 11) is 1.47. The number of benzene rings is 2. The van der Waals surface area contributed by atoms with Gasteiger partial charge in [-0.25, -0.2) is 4.39 Å². The van der Waals surface area contributed by atoms with Gasteiger partial charge in [0.05, 0.1) is 25.9 Å². The van der Waals surface area contributed by atoms with Crippen LogP contribution in [0.25, 0.3) is 0 Å². The molecule has 0 aliphatic carbocycles. The van der Waals surface area contributed by atoms with Gasteiger partial charge >= 0.3 is 0 Å². The molecule has 1 aliphatic heterocycles. The number of nitrogens with one attached hydrogen (secondary N) is 3. The number of hydrogen-bond acceptors (Lipinski definition) is 5. The fourth-order valence-corrected chi connectivity index (χ4v) is 5.00. The minimum atomic E-state index is -0.480. The molecule has 11 heteroatoms. The average Bonchev–Trinajstić information content (AvgIpc) is 3.63. The lowest BCUT2D eigenvalue weighted by atomic mass is 9.95. The summed E-state index contributed by atoms with van der Waals surface area (Å²) in [4.78, 5) is 43.4. The topological polar surface area (TPSA) is 121 Å². The van der Waals surface area contributed by atoms with Gasteiger partial charge in [-0.1, -0.05) is 25.6 Å². The molecule has 5 rings (SSSR count). The van der Waals surface area contributed by atoms with E-state index in [1.807, 2.05) is 6.92 Å². The number of rotatable bonds is 8. The van der Waals surface area contributed by atoms with E-state index in [1.54, 1.807) is 58.2 Å². The predicted octanol–water partition coefficient (Wildman–Crippen LogP) is 4.54. The van der Waals surface area contributed by atoms with E-state index in [2.05, 4.69) is 27.3 Å². The number of nitrogens with zero attached hydrogens (tertiary/aromatic N) is 3. The van der Waals surface area contributed by atoms with Crippen LogP contribution in [0.3, 0.4) is 0 Å². The number of hydrogen-bond donors (Lipinski definition) is 3. The van der Waals surface area contributed by atoms with Gasteiger partial charge in [0.1, 0.15) is 17.3 Å². The van der Waals surface area contributed by atoms with E-state index in [-0.39, 0.29) is 29.9 Å². The molecule has 1 atom stereocenters. The number of carbonyl (C=O) groups excluding carboxylic acids is 3. The summed E-state index contributed by atoms with van der Waals surface area (Å²) < 4.78 is 20.6. The SMILES string of the molecule is C=CC(=O)Nc1cc(NC(=O)c2nn(Cc3ccc(F)cc3)c3c2CN(C(=O)c2ccc[nH]2)CC3C)ccc1OC. The number of ether oxygens (including phenoxy) is 1. The number of H-pyrrole nitrogens is 1. The molecule has 4 aromatic rings. The van der Waals surface area contributed by atoms with Crippen LogP contribution in [0.5, 0.6) is 5.75 Å². The van der Waals surface area contributed by atoms with Gasteiger partial charge in [0.25, 0.3) is 11.8 Å². The number of carbonyl (C=O) groups is 3. The predicted molar refractivity (Wildman–Crippen MR) is 151 cm³/mol. The van der Waals surface area contributed by atoms with Crippen LogP contribution in [0.4, 0.5) is 15.8 Å². The Bertz CT molecular complexity index is 1610. The molecule has 210 valence electrons. The molecule has 1 aliphatic rings.